The van der Waals surface area contributed by atoms with E-state index >= 15 is 0 Å². The maximum atomic E-state index is 12.6. The van der Waals surface area contributed by atoms with Crippen LogP contribution in [0.2, 0.25) is 0 Å². The van der Waals surface area contributed by atoms with Crippen LogP contribution in [0, 0.1) is 0 Å². The van der Waals surface area contributed by atoms with Crippen LogP contribution in [0.25, 0.3) is 0 Å². The zero-order valence-corrected chi connectivity index (χ0v) is 13.9. The van der Waals surface area contributed by atoms with Gasteiger partial charge in [-0.05, 0) is 60.8 Å². The fourth-order valence-electron chi connectivity index (χ4n) is 2.36. The molecule has 0 aliphatic rings. The molecule has 2 rings (SSSR count). The summed E-state index contributed by atoms with van der Waals surface area (Å²) >= 11 is 0. The van der Waals surface area contributed by atoms with Crippen LogP contribution < -0.4 is 5.73 Å². The van der Waals surface area contributed by atoms with Crippen LogP contribution in [0.4, 0.5) is 13.2 Å². The van der Waals surface area contributed by atoms with Gasteiger partial charge in [-0.1, -0.05) is 19.1 Å². The lowest BCUT2D eigenvalue weighted by Crippen LogP contribution is -2.08. The van der Waals surface area contributed by atoms with E-state index in [9.17, 15) is 21.6 Å². The Morgan fingerprint density at radius 3 is 2.21 bits per heavy atom. The van der Waals surface area contributed by atoms with Crippen molar-refractivity contribution in [1.82, 2.24) is 0 Å². The van der Waals surface area contributed by atoms with Crippen molar-refractivity contribution in [1.29, 1.82) is 0 Å². The molecule has 0 amide bonds. The van der Waals surface area contributed by atoms with Gasteiger partial charge in [0.15, 0.2) is 0 Å². The highest BCUT2D eigenvalue weighted by Crippen LogP contribution is 2.31. The molecule has 3 nitrogen and oxygen atoms in total. The molecule has 0 radical (unpaired) electrons. The van der Waals surface area contributed by atoms with Gasteiger partial charge in [-0.25, -0.2) is 8.42 Å². The summed E-state index contributed by atoms with van der Waals surface area (Å²) in [7, 11) is -3.87. The molecule has 24 heavy (non-hydrogen) atoms. The molecule has 0 bridgehead atoms. The highest BCUT2D eigenvalue weighted by Gasteiger charge is 2.30. The smallest absolute Gasteiger partial charge is 0.330 e. The van der Waals surface area contributed by atoms with Crippen molar-refractivity contribution in [2.24, 2.45) is 5.73 Å². The second kappa shape index (κ2) is 6.94. The van der Waals surface area contributed by atoms with Gasteiger partial charge in [-0.2, -0.15) is 13.2 Å². The van der Waals surface area contributed by atoms with Crippen LogP contribution in [0.3, 0.4) is 0 Å². The largest absolute Gasteiger partial charge is 0.416 e. The zero-order valence-electron chi connectivity index (χ0n) is 13.0. The third-order valence-electron chi connectivity index (χ3n) is 3.83. The fraction of sp³-hybridized carbons (Fsp3) is 0.294. The van der Waals surface area contributed by atoms with Crippen molar-refractivity contribution in [3.8, 4) is 0 Å². The summed E-state index contributed by atoms with van der Waals surface area (Å²) in [6, 6.07) is 9.92. The van der Waals surface area contributed by atoms with Crippen molar-refractivity contribution >= 4 is 9.84 Å². The van der Waals surface area contributed by atoms with Crippen LogP contribution >= 0.6 is 0 Å². The summed E-state index contributed by atoms with van der Waals surface area (Å²) in [5, 5.41) is 0. The Hall–Kier alpha value is -1.86. The number of alkyl halides is 3. The van der Waals surface area contributed by atoms with E-state index in [0.29, 0.717) is 13.0 Å². The van der Waals surface area contributed by atoms with Crippen molar-refractivity contribution in [2.75, 3.05) is 6.54 Å². The second-order valence-corrected chi connectivity index (χ2v) is 7.53. The normalized spacial score (nSPS) is 13.7. The molecule has 130 valence electrons. The Morgan fingerprint density at radius 2 is 1.67 bits per heavy atom. The summed E-state index contributed by atoms with van der Waals surface area (Å²) in [6.07, 6.45) is -3.79. The lowest BCUT2D eigenvalue weighted by Gasteiger charge is -2.13. The summed E-state index contributed by atoms with van der Waals surface area (Å²) in [5.41, 5.74) is 5.47. The minimum absolute atomic E-state index is 0.0589. The van der Waals surface area contributed by atoms with Crippen LogP contribution in [0.5, 0.6) is 0 Å². The molecule has 0 fully saturated rings. The minimum Gasteiger partial charge on any atom is -0.330 e. The molecule has 7 heteroatoms. The second-order valence-electron chi connectivity index (χ2n) is 5.58. The minimum atomic E-state index is -4.50. The van der Waals surface area contributed by atoms with Crippen LogP contribution in [0.15, 0.2) is 58.3 Å². The molecule has 0 heterocycles. The van der Waals surface area contributed by atoms with Crippen LogP contribution in [0.1, 0.15) is 30.4 Å². The molecule has 0 saturated carbocycles. The van der Waals surface area contributed by atoms with E-state index in [2.05, 4.69) is 0 Å². The average Bonchev–Trinajstić information content (AvgIpc) is 2.54. The molecule has 0 saturated heterocycles. The van der Waals surface area contributed by atoms with Gasteiger partial charge in [0, 0.05) is 0 Å². The first-order valence-electron chi connectivity index (χ1n) is 7.38. The number of hydrogen-bond donors (Lipinski definition) is 1. The fourth-order valence-corrected chi connectivity index (χ4v) is 3.68. The van der Waals surface area contributed by atoms with Gasteiger partial charge in [-0.15, -0.1) is 0 Å². The third-order valence-corrected chi connectivity index (χ3v) is 5.60. The molecule has 0 aliphatic heterocycles. The Morgan fingerprint density at radius 1 is 1.04 bits per heavy atom. The highest BCUT2D eigenvalue weighted by molar-refractivity contribution is 7.91. The van der Waals surface area contributed by atoms with Crippen molar-refractivity contribution < 1.29 is 21.6 Å². The van der Waals surface area contributed by atoms with Crippen LogP contribution in [-0.2, 0) is 16.0 Å². The van der Waals surface area contributed by atoms with E-state index in [4.69, 9.17) is 5.73 Å². The standard InChI is InChI=1S/C17H18F3NO2S/c1-12(9-10-21)13-3-2-4-16(11-13)24(22,23)15-7-5-14(6-8-15)17(18,19)20/h2-8,11-12H,9-10,21H2,1H3. The van der Waals surface area contributed by atoms with E-state index in [1.807, 2.05) is 13.0 Å². The van der Waals surface area contributed by atoms with Gasteiger partial charge in [0.25, 0.3) is 0 Å². The molecule has 2 aromatic carbocycles. The highest BCUT2D eigenvalue weighted by atomic mass is 32.2. The number of halogens is 3. The first-order valence-corrected chi connectivity index (χ1v) is 8.87. The molecule has 0 aromatic heterocycles. The predicted molar refractivity (Wildman–Crippen MR) is 85.4 cm³/mol. The molecular formula is C17H18F3NO2S. The van der Waals surface area contributed by atoms with E-state index in [-0.39, 0.29) is 15.7 Å². The van der Waals surface area contributed by atoms with Crippen molar-refractivity contribution in [2.45, 2.75) is 35.2 Å². The van der Waals surface area contributed by atoms with Gasteiger partial charge >= 0.3 is 6.18 Å². The summed E-state index contributed by atoms with van der Waals surface area (Å²) < 4.78 is 63.0. The number of nitrogens with two attached hydrogens (primary N) is 1. The average molecular weight is 357 g/mol. The number of hydrogen-bond acceptors (Lipinski definition) is 3. The Bertz CT molecular complexity index is 799. The van der Waals surface area contributed by atoms with E-state index in [0.717, 1.165) is 29.8 Å². The Balaban J connectivity index is 2.39. The number of benzene rings is 2. The SMILES string of the molecule is CC(CCN)c1cccc(S(=O)(=O)c2ccc(C(F)(F)F)cc2)c1. The topological polar surface area (TPSA) is 60.2 Å². The van der Waals surface area contributed by atoms with Gasteiger partial charge in [-0.3, -0.25) is 0 Å². The third kappa shape index (κ3) is 3.96. The van der Waals surface area contributed by atoms with Crippen LogP contribution in [-0.4, -0.2) is 15.0 Å². The first kappa shape index (κ1) is 18.5. The van der Waals surface area contributed by atoms with Gasteiger partial charge < -0.3 is 5.73 Å². The zero-order chi connectivity index (χ0) is 18.0. The van der Waals surface area contributed by atoms with E-state index in [1.165, 1.54) is 6.07 Å². The van der Waals surface area contributed by atoms with Gasteiger partial charge in [0.1, 0.15) is 0 Å². The van der Waals surface area contributed by atoms with E-state index in [1.54, 1.807) is 12.1 Å². The molecule has 0 aliphatic carbocycles. The molecule has 2 aromatic rings. The predicted octanol–water partition coefficient (Wildman–Crippen LogP) is 3.99. The number of rotatable bonds is 5. The first-order chi connectivity index (χ1) is 11.2. The summed E-state index contributed by atoms with van der Waals surface area (Å²) in [5.74, 6) is 0.0951. The van der Waals surface area contributed by atoms with E-state index < -0.39 is 21.6 Å². The summed E-state index contributed by atoms with van der Waals surface area (Å²) in [6.45, 7) is 2.42. The van der Waals surface area contributed by atoms with Gasteiger partial charge in [0.2, 0.25) is 9.84 Å². The monoisotopic (exact) mass is 357 g/mol. The lowest BCUT2D eigenvalue weighted by molar-refractivity contribution is -0.137. The van der Waals surface area contributed by atoms with Gasteiger partial charge in [0.05, 0.1) is 15.4 Å². The quantitative estimate of drug-likeness (QED) is 0.880. The lowest BCUT2D eigenvalue weighted by atomic mass is 9.98. The molecule has 1 unspecified atom stereocenters. The van der Waals surface area contributed by atoms with Crippen molar-refractivity contribution in [3.05, 3.63) is 59.7 Å². The number of sulfone groups is 1. The summed E-state index contributed by atoms with van der Waals surface area (Å²) in [4.78, 5) is -0.109. The Labute approximate surface area is 139 Å². The molecule has 2 N–H and O–H groups in total. The molecule has 0 spiro atoms. The maximum absolute atomic E-state index is 12.6. The maximum Gasteiger partial charge on any atom is 0.416 e. The Kier molecular flexibility index (Phi) is 5.35. The molecular weight excluding hydrogens is 339 g/mol. The molecule has 1 atom stereocenters. The van der Waals surface area contributed by atoms with Crippen molar-refractivity contribution in [3.63, 3.8) is 0 Å².